The summed E-state index contributed by atoms with van der Waals surface area (Å²) in [5, 5.41) is 12.4. The van der Waals surface area contributed by atoms with Gasteiger partial charge < -0.3 is 0 Å². The number of carbonyl (C=O) groups excluding carboxylic acids is 1. The zero-order chi connectivity index (χ0) is 17.9. The van der Waals surface area contributed by atoms with Crippen LogP contribution in [0.4, 0.5) is 24.0 Å². The Kier molecular flexibility index (Phi) is 5.17. The largest absolute Gasteiger partial charge is 0.406 e. The van der Waals surface area contributed by atoms with Gasteiger partial charge in [0.05, 0.1) is 17.0 Å². The van der Waals surface area contributed by atoms with Gasteiger partial charge in [-0.3, -0.25) is 19.8 Å². The highest BCUT2D eigenvalue weighted by Gasteiger charge is 2.35. The smallest absolute Gasteiger partial charge is 0.279 e. The van der Waals surface area contributed by atoms with Crippen molar-refractivity contribution in [2.24, 2.45) is 0 Å². The third kappa shape index (κ3) is 4.51. The Morgan fingerprint density at radius 1 is 1.38 bits per heavy atom. The number of aryl methyl sites for hydroxylation is 1. The number of rotatable bonds is 5. The summed E-state index contributed by atoms with van der Waals surface area (Å²) in [7, 11) is 0. The van der Waals surface area contributed by atoms with Crippen LogP contribution in [0, 0.1) is 17.0 Å². The minimum atomic E-state index is -4.61. The Balaban J connectivity index is 2.30. The number of nitro benzene ring substituents is 1. The molecule has 0 saturated heterocycles. The molecule has 0 radical (unpaired) electrons. The summed E-state index contributed by atoms with van der Waals surface area (Å²) in [6.07, 6.45) is -5.14. The van der Waals surface area contributed by atoms with Crippen molar-refractivity contribution >= 4 is 28.1 Å². The molecule has 2 rings (SSSR count). The number of halogens is 3. The van der Waals surface area contributed by atoms with Crippen LogP contribution in [0.25, 0.3) is 0 Å². The average Bonchev–Trinajstić information content (AvgIpc) is 2.90. The number of nitro groups is 1. The Hall–Kier alpha value is -2.49. The SMILES string of the molecule is Cc1csc(N(CC(F)(F)F)C(=O)Cc2ccccc2[N+](=O)[O-])n1. The Morgan fingerprint density at radius 3 is 2.58 bits per heavy atom. The van der Waals surface area contributed by atoms with E-state index in [0.29, 0.717) is 10.6 Å². The lowest BCUT2D eigenvalue weighted by atomic mass is 10.1. The van der Waals surface area contributed by atoms with Crippen molar-refractivity contribution in [2.75, 3.05) is 11.4 Å². The summed E-state index contributed by atoms with van der Waals surface area (Å²) < 4.78 is 38.3. The molecule has 0 saturated carbocycles. The van der Waals surface area contributed by atoms with Gasteiger partial charge in [-0.25, -0.2) is 4.98 Å². The number of amides is 1. The molecule has 0 aliphatic heterocycles. The molecule has 0 aliphatic carbocycles. The zero-order valence-corrected chi connectivity index (χ0v) is 13.2. The van der Waals surface area contributed by atoms with Gasteiger partial charge in [0.2, 0.25) is 5.91 Å². The van der Waals surface area contributed by atoms with E-state index in [9.17, 15) is 28.1 Å². The lowest BCUT2D eigenvalue weighted by Crippen LogP contribution is -2.40. The first-order chi connectivity index (χ1) is 11.2. The van der Waals surface area contributed by atoms with E-state index in [4.69, 9.17) is 0 Å². The molecule has 0 atom stereocenters. The molecular formula is C14H12F3N3O3S. The number of benzene rings is 1. The Labute approximate surface area is 138 Å². The predicted octanol–water partition coefficient (Wildman–Crippen LogP) is 3.50. The quantitative estimate of drug-likeness (QED) is 0.605. The van der Waals surface area contributed by atoms with Gasteiger partial charge in [-0.15, -0.1) is 11.3 Å². The van der Waals surface area contributed by atoms with E-state index < -0.39 is 30.0 Å². The van der Waals surface area contributed by atoms with Gasteiger partial charge in [-0.1, -0.05) is 18.2 Å². The van der Waals surface area contributed by atoms with Crippen molar-refractivity contribution < 1.29 is 22.9 Å². The van der Waals surface area contributed by atoms with E-state index in [1.165, 1.54) is 29.6 Å². The number of carbonyl (C=O) groups is 1. The summed E-state index contributed by atoms with van der Waals surface area (Å²) in [5.74, 6) is -0.907. The van der Waals surface area contributed by atoms with Crippen LogP contribution < -0.4 is 4.90 Å². The monoisotopic (exact) mass is 359 g/mol. The third-order valence-corrected chi connectivity index (χ3v) is 3.99. The van der Waals surface area contributed by atoms with E-state index in [0.717, 1.165) is 11.3 Å². The molecule has 6 nitrogen and oxygen atoms in total. The van der Waals surface area contributed by atoms with Crippen LogP contribution >= 0.6 is 11.3 Å². The molecule has 1 amide bonds. The molecule has 1 heterocycles. The molecule has 1 aromatic carbocycles. The van der Waals surface area contributed by atoms with Gasteiger partial charge in [0, 0.05) is 17.0 Å². The Bertz CT molecular complexity index is 761. The number of hydrogen-bond acceptors (Lipinski definition) is 5. The van der Waals surface area contributed by atoms with Crippen molar-refractivity contribution in [1.29, 1.82) is 0 Å². The van der Waals surface area contributed by atoms with Crippen molar-refractivity contribution in [1.82, 2.24) is 4.98 Å². The van der Waals surface area contributed by atoms with Gasteiger partial charge in [0.1, 0.15) is 6.54 Å². The maximum atomic E-state index is 12.8. The molecule has 128 valence electrons. The number of anilines is 1. The molecule has 24 heavy (non-hydrogen) atoms. The van der Waals surface area contributed by atoms with Gasteiger partial charge in [-0.2, -0.15) is 13.2 Å². The number of alkyl halides is 3. The van der Waals surface area contributed by atoms with Gasteiger partial charge >= 0.3 is 6.18 Å². The van der Waals surface area contributed by atoms with Crippen LogP contribution in [-0.4, -0.2) is 28.5 Å². The predicted molar refractivity (Wildman–Crippen MR) is 82.1 cm³/mol. The van der Waals surface area contributed by atoms with Crippen molar-refractivity contribution in [3.63, 3.8) is 0 Å². The van der Waals surface area contributed by atoms with Crippen LogP contribution in [0.2, 0.25) is 0 Å². The highest BCUT2D eigenvalue weighted by molar-refractivity contribution is 7.14. The molecule has 0 fully saturated rings. The fourth-order valence-electron chi connectivity index (χ4n) is 2.00. The molecule has 0 aliphatic rings. The number of hydrogen-bond donors (Lipinski definition) is 0. The van der Waals surface area contributed by atoms with Crippen LogP contribution in [-0.2, 0) is 11.2 Å². The van der Waals surface area contributed by atoms with Crippen molar-refractivity contribution in [3.05, 3.63) is 51.0 Å². The number of nitrogens with zero attached hydrogens (tertiary/aromatic N) is 3. The van der Waals surface area contributed by atoms with Crippen LogP contribution in [0.5, 0.6) is 0 Å². The Morgan fingerprint density at radius 2 is 2.04 bits per heavy atom. The maximum Gasteiger partial charge on any atom is 0.406 e. The van der Waals surface area contributed by atoms with E-state index in [1.54, 1.807) is 6.92 Å². The number of aromatic nitrogens is 1. The first-order valence-electron chi connectivity index (χ1n) is 6.69. The van der Waals surface area contributed by atoms with Crippen molar-refractivity contribution in [2.45, 2.75) is 19.5 Å². The standard InChI is InChI=1S/C14H12F3N3O3S/c1-9-7-24-13(18-9)19(8-14(15,16)17)12(21)6-10-4-2-3-5-11(10)20(22)23/h2-5,7H,6,8H2,1H3. The molecule has 0 unspecified atom stereocenters. The van der Waals surface area contributed by atoms with E-state index in [1.807, 2.05) is 0 Å². The first kappa shape index (κ1) is 17.9. The van der Waals surface area contributed by atoms with E-state index in [2.05, 4.69) is 4.98 Å². The maximum absolute atomic E-state index is 12.8. The van der Waals surface area contributed by atoms with E-state index >= 15 is 0 Å². The lowest BCUT2D eigenvalue weighted by Gasteiger charge is -2.21. The van der Waals surface area contributed by atoms with Gasteiger partial charge in [-0.05, 0) is 6.92 Å². The molecular weight excluding hydrogens is 347 g/mol. The summed E-state index contributed by atoms with van der Waals surface area (Å²) in [4.78, 5) is 27.0. The second-order valence-electron chi connectivity index (χ2n) is 4.93. The van der Waals surface area contributed by atoms with Gasteiger partial charge in [0.15, 0.2) is 5.13 Å². The average molecular weight is 359 g/mol. The summed E-state index contributed by atoms with van der Waals surface area (Å²) in [5.41, 5.74) is 0.224. The second-order valence-corrected chi connectivity index (χ2v) is 5.77. The third-order valence-electron chi connectivity index (χ3n) is 3.01. The molecule has 0 N–H and O–H groups in total. The topological polar surface area (TPSA) is 76.3 Å². The fraction of sp³-hybridized carbons (Fsp3) is 0.286. The van der Waals surface area contributed by atoms with Crippen molar-refractivity contribution in [3.8, 4) is 0 Å². The number of thiazole rings is 1. The molecule has 10 heteroatoms. The zero-order valence-electron chi connectivity index (χ0n) is 12.4. The normalized spacial score (nSPS) is 11.3. The molecule has 0 spiro atoms. The molecule has 1 aromatic heterocycles. The van der Waals surface area contributed by atoms with Crippen LogP contribution in [0.1, 0.15) is 11.3 Å². The van der Waals surface area contributed by atoms with Gasteiger partial charge in [0.25, 0.3) is 5.69 Å². The summed E-state index contributed by atoms with van der Waals surface area (Å²) >= 11 is 0.908. The van der Waals surface area contributed by atoms with Crippen LogP contribution in [0.3, 0.4) is 0 Å². The van der Waals surface area contributed by atoms with E-state index in [-0.39, 0.29) is 16.4 Å². The second kappa shape index (κ2) is 6.95. The number of para-hydroxylation sites is 1. The molecule has 0 bridgehead atoms. The molecule has 2 aromatic rings. The highest BCUT2D eigenvalue weighted by atomic mass is 32.1. The minimum Gasteiger partial charge on any atom is -0.279 e. The lowest BCUT2D eigenvalue weighted by molar-refractivity contribution is -0.385. The fourth-order valence-corrected chi connectivity index (χ4v) is 2.82. The minimum absolute atomic E-state index is 0.0490. The summed E-state index contributed by atoms with van der Waals surface area (Å²) in [6, 6.07) is 5.44. The summed E-state index contributed by atoms with van der Waals surface area (Å²) in [6.45, 7) is 0.0949. The highest BCUT2D eigenvalue weighted by Crippen LogP contribution is 2.27. The van der Waals surface area contributed by atoms with Crippen LogP contribution in [0.15, 0.2) is 29.6 Å². The first-order valence-corrected chi connectivity index (χ1v) is 7.57.